The van der Waals surface area contributed by atoms with Gasteiger partial charge in [0.15, 0.2) is 0 Å². The fourth-order valence-corrected chi connectivity index (χ4v) is 5.23. The van der Waals surface area contributed by atoms with Crippen molar-refractivity contribution in [2.75, 3.05) is 14.1 Å². The van der Waals surface area contributed by atoms with Gasteiger partial charge in [-0.3, -0.25) is 0 Å². The molecule has 0 heterocycles. The lowest BCUT2D eigenvalue weighted by atomic mass is 9.95. The molecule has 34 heavy (non-hydrogen) atoms. The molecule has 0 radical (unpaired) electrons. The van der Waals surface area contributed by atoms with Gasteiger partial charge in [0.1, 0.15) is 0 Å². The van der Waals surface area contributed by atoms with Crippen LogP contribution in [0, 0.1) is 0 Å². The van der Waals surface area contributed by atoms with E-state index in [9.17, 15) is 0 Å². The number of benzene rings is 1. The predicted molar refractivity (Wildman–Crippen MR) is 154 cm³/mol. The standard InChI is InChI=1S/C32H60N2/c1-5-7-9-11-13-15-17-19-21-23-31(33-3)29-25-27-30(28-26-29)32(34-4)24-22-20-18-16-14-12-10-8-6-2/h25-28,31-34H,5-24H2,1-4H3. The lowest BCUT2D eigenvalue weighted by Gasteiger charge is -2.20. The highest BCUT2D eigenvalue weighted by molar-refractivity contribution is 5.27. The zero-order valence-corrected chi connectivity index (χ0v) is 23.6. The quantitative estimate of drug-likeness (QED) is 0.146. The van der Waals surface area contributed by atoms with Crippen molar-refractivity contribution in [3.8, 4) is 0 Å². The molecule has 2 heteroatoms. The van der Waals surface area contributed by atoms with Crippen LogP contribution < -0.4 is 10.6 Å². The lowest BCUT2D eigenvalue weighted by Crippen LogP contribution is -2.18. The van der Waals surface area contributed by atoms with Crippen molar-refractivity contribution in [3.05, 3.63) is 35.4 Å². The summed E-state index contributed by atoms with van der Waals surface area (Å²) in [6, 6.07) is 10.4. The summed E-state index contributed by atoms with van der Waals surface area (Å²) < 4.78 is 0. The highest BCUT2D eigenvalue weighted by atomic mass is 14.9. The third-order valence-corrected chi connectivity index (χ3v) is 7.63. The Morgan fingerprint density at radius 3 is 0.971 bits per heavy atom. The first-order chi connectivity index (χ1) is 16.8. The Morgan fingerprint density at radius 2 is 0.706 bits per heavy atom. The Kier molecular flexibility index (Phi) is 20.7. The van der Waals surface area contributed by atoms with E-state index in [1.807, 2.05) is 0 Å². The Balaban J connectivity index is 2.25. The molecule has 0 aromatic heterocycles. The van der Waals surface area contributed by atoms with E-state index >= 15 is 0 Å². The number of rotatable bonds is 24. The molecule has 1 aromatic rings. The van der Waals surface area contributed by atoms with Crippen LogP contribution in [0.15, 0.2) is 24.3 Å². The van der Waals surface area contributed by atoms with Crippen LogP contribution in [0.5, 0.6) is 0 Å². The van der Waals surface area contributed by atoms with Crippen molar-refractivity contribution in [3.63, 3.8) is 0 Å². The average molecular weight is 473 g/mol. The fraction of sp³-hybridized carbons (Fsp3) is 0.812. The summed E-state index contributed by atoms with van der Waals surface area (Å²) in [5.41, 5.74) is 2.90. The van der Waals surface area contributed by atoms with Crippen molar-refractivity contribution in [1.29, 1.82) is 0 Å². The van der Waals surface area contributed by atoms with E-state index in [4.69, 9.17) is 0 Å². The van der Waals surface area contributed by atoms with Crippen molar-refractivity contribution in [2.45, 2.75) is 154 Å². The highest BCUT2D eigenvalue weighted by Crippen LogP contribution is 2.25. The Hall–Kier alpha value is -0.860. The van der Waals surface area contributed by atoms with Crippen LogP contribution in [0.4, 0.5) is 0 Å². The van der Waals surface area contributed by atoms with E-state index in [0.717, 1.165) is 0 Å². The van der Waals surface area contributed by atoms with Crippen LogP contribution in [0.3, 0.4) is 0 Å². The normalized spacial score (nSPS) is 13.3. The van der Waals surface area contributed by atoms with Crippen LogP contribution in [-0.4, -0.2) is 14.1 Å². The van der Waals surface area contributed by atoms with Crippen molar-refractivity contribution >= 4 is 0 Å². The molecular weight excluding hydrogens is 412 g/mol. The first kappa shape index (κ1) is 31.2. The van der Waals surface area contributed by atoms with Gasteiger partial charge in [-0.2, -0.15) is 0 Å². The molecule has 0 fully saturated rings. The maximum absolute atomic E-state index is 3.56. The van der Waals surface area contributed by atoms with Gasteiger partial charge in [-0.15, -0.1) is 0 Å². The fourth-order valence-electron chi connectivity index (χ4n) is 5.23. The smallest absolute Gasteiger partial charge is 0.0317 e. The summed E-state index contributed by atoms with van der Waals surface area (Å²) in [4.78, 5) is 0. The molecule has 1 aromatic carbocycles. The van der Waals surface area contributed by atoms with E-state index in [-0.39, 0.29) is 0 Å². The number of hydrogen-bond acceptors (Lipinski definition) is 2. The Bertz CT molecular complexity index is 489. The topological polar surface area (TPSA) is 24.1 Å². The molecule has 0 spiro atoms. The van der Waals surface area contributed by atoms with Crippen molar-refractivity contribution in [1.82, 2.24) is 10.6 Å². The minimum Gasteiger partial charge on any atom is -0.313 e. The maximum Gasteiger partial charge on any atom is 0.0317 e. The number of hydrogen-bond donors (Lipinski definition) is 2. The van der Waals surface area contributed by atoms with Gasteiger partial charge in [-0.05, 0) is 38.1 Å². The molecule has 0 saturated heterocycles. The minimum atomic E-state index is 0.490. The van der Waals surface area contributed by atoms with Crippen LogP contribution >= 0.6 is 0 Å². The molecule has 0 aliphatic carbocycles. The van der Waals surface area contributed by atoms with E-state index in [2.05, 4.69) is 62.8 Å². The van der Waals surface area contributed by atoms with Crippen molar-refractivity contribution < 1.29 is 0 Å². The Morgan fingerprint density at radius 1 is 0.441 bits per heavy atom. The lowest BCUT2D eigenvalue weighted by molar-refractivity contribution is 0.488. The summed E-state index contributed by atoms with van der Waals surface area (Å²) in [6.07, 6.45) is 27.7. The molecule has 1 rings (SSSR count). The predicted octanol–water partition coefficient (Wildman–Crippen LogP) is 10.0. The first-order valence-corrected chi connectivity index (χ1v) is 15.2. The molecule has 0 aliphatic heterocycles. The zero-order chi connectivity index (χ0) is 24.7. The van der Waals surface area contributed by atoms with Gasteiger partial charge in [-0.1, -0.05) is 154 Å². The molecule has 0 amide bonds. The summed E-state index contributed by atoms with van der Waals surface area (Å²) >= 11 is 0. The summed E-state index contributed by atoms with van der Waals surface area (Å²) in [5.74, 6) is 0. The Labute approximate surface area is 214 Å². The minimum absolute atomic E-state index is 0.490. The molecule has 0 aliphatic rings. The second-order valence-electron chi connectivity index (χ2n) is 10.6. The van der Waals surface area contributed by atoms with Crippen LogP contribution in [-0.2, 0) is 0 Å². The first-order valence-electron chi connectivity index (χ1n) is 15.2. The van der Waals surface area contributed by atoms with E-state index in [0.29, 0.717) is 12.1 Å². The molecule has 198 valence electrons. The van der Waals surface area contributed by atoms with E-state index in [1.54, 1.807) is 0 Å². The van der Waals surface area contributed by atoms with Crippen LogP contribution in [0.25, 0.3) is 0 Å². The molecule has 0 bridgehead atoms. The second-order valence-corrected chi connectivity index (χ2v) is 10.6. The zero-order valence-electron chi connectivity index (χ0n) is 23.6. The maximum atomic E-state index is 3.56. The third-order valence-electron chi connectivity index (χ3n) is 7.63. The largest absolute Gasteiger partial charge is 0.313 e. The van der Waals surface area contributed by atoms with Gasteiger partial charge in [0.25, 0.3) is 0 Å². The van der Waals surface area contributed by atoms with Gasteiger partial charge < -0.3 is 10.6 Å². The van der Waals surface area contributed by atoms with Gasteiger partial charge >= 0.3 is 0 Å². The van der Waals surface area contributed by atoms with Crippen molar-refractivity contribution in [2.24, 2.45) is 0 Å². The van der Waals surface area contributed by atoms with Gasteiger partial charge in [-0.25, -0.2) is 0 Å². The molecule has 2 unspecified atom stereocenters. The van der Waals surface area contributed by atoms with Crippen LogP contribution in [0.1, 0.15) is 165 Å². The van der Waals surface area contributed by atoms with Gasteiger partial charge in [0, 0.05) is 12.1 Å². The summed E-state index contributed by atoms with van der Waals surface area (Å²) in [6.45, 7) is 4.59. The number of nitrogens with one attached hydrogen (secondary N) is 2. The van der Waals surface area contributed by atoms with Crippen LogP contribution in [0.2, 0.25) is 0 Å². The molecule has 2 atom stereocenters. The summed E-state index contributed by atoms with van der Waals surface area (Å²) in [7, 11) is 4.24. The monoisotopic (exact) mass is 472 g/mol. The van der Waals surface area contributed by atoms with Gasteiger partial charge in [0.05, 0.1) is 0 Å². The SMILES string of the molecule is CCCCCCCCCCCC(NC)c1ccc(C(CCCCCCCCCCC)NC)cc1. The van der Waals surface area contributed by atoms with E-state index < -0.39 is 0 Å². The summed E-state index contributed by atoms with van der Waals surface area (Å²) in [5, 5.41) is 7.12. The average Bonchev–Trinajstić information content (AvgIpc) is 2.87. The highest BCUT2D eigenvalue weighted by Gasteiger charge is 2.12. The molecule has 2 N–H and O–H groups in total. The molecule has 2 nitrogen and oxygen atoms in total. The molecule has 0 saturated carbocycles. The van der Waals surface area contributed by atoms with Gasteiger partial charge in [0.2, 0.25) is 0 Å². The second kappa shape index (κ2) is 22.6. The third kappa shape index (κ3) is 15.2. The number of unbranched alkanes of at least 4 members (excludes halogenated alkanes) is 16. The molecular formula is C32H60N2. The van der Waals surface area contributed by atoms with E-state index in [1.165, 1.54) is 140 Å².